The van der Waals surface area contributed by atoms with Crippen molar-refractivity contribution in [2.75, 3.05) is 0 Å². The second-order valence-corrected chi connectivity index (χ2v) is 3.85. The summed E-state index contributed by atoms with van der Waals surface area (Å²) in [5, 5.41) is 9.94. The largest absolute Gasteiger partial charge is 0.416 e. The van der Waals surface area contributed by atoms with Gasteiger partial charge in [0, 0.05) is 0 Å². The summed E-state index contributed by atoms with van der Waals surface area (Å²) in [6, 6.07) is 4.70. The fourth-order valence-electron chi connectivity index (χ4n) is 1.43. The number of halogens is 3. The van der Waals surface area contributed by atoms with E-state index in [0.717, 1.165) is 12.1 Å². The summed E-state index contributed by atoms with van der Waals surface area (Å²) in [6.45, 7) is 4.92. The van der Waals surface area contributed by atoms with Crippen LogP contribution in [0.1, 0.15) is 24.5 Å². The summed E-state index contributed by atoms with van der Waals surface area (Å²) in [7, 11) is 0. The molecule has 0 aliphatic heterocycles. The average Bonchev–Trinajstić information content (AvgIpc) is 2.16. The lowest BCUT2D eigenvalue weighted by Gasteiger charge is -2.23. The van der Waals surface area contributed by atoms with E-state index in [1.807, 2.05) is 0 Å². The van der Waals surface area contributed by atoms with Crippen LogP contribution in [0.4, 0.5) is 13.2 Å². The highest BCUT2D eigenvalue weighted by atomic mass is 19.4. The van der Waals surface area contributed by atoms with Gasteiger partial charge in [-0.25, -0.2) is 0 Å². The van der Waals surface area contributed by atoms with E-state index in [4.69, 9.17) is 0 Å². The SMILES string of the molecule is C=CC[C@@](C)(O)c1cccc(C(F)(F)F)c1. The Kier molecular flexibility index (Phi) is 3.43. The molecule has 0 spiro atoms. The van der Waals surface area contributed by atoms with Crippen LogP contribution in [0.15, 0.2) is 36.9 Å². The van der Waals surface area contributed by atoms with Gasteiger partial charge in [-0.05, 0) is 31.0 Å². The molecule has 1 aromatic rings. The molecule has 0 radical (unpaired) electrons. The van der Waals surface area contributed by atoms with Gasteiger partial charge in [0.2, 0.25) is 0 Å². The van der Waals surface area contributed by atoms with E-state index in [9.17, 15) is 18.3 Å². The van der Waals surface area contributed by atoms with Crippen LogP contribution < -0.4 is 0 Å². The minimum absolute atomic E-state index is 0.203. The van der Waals surface area contributed by atoms with E-state index in [-0.39, 0.29) is 12.0 Å². The number of aliphatic hydroxyl groups is 1. The Balaban J connectivity index is 3.12. The van der Waals surface area contributed by atoms with Gasteiger partial charge in [0.1, 0.15) is 0 Å². The van der Waals surface area contributed by atoms with Crippen LogP contribution in [0.25, 0.3) is 0 Å². The summed E-state index contributed by atoms with van der Waals surface area (Å²) in [4.78, 5) is 0. The van der Waals surface area contributed by atoms with Crippen LogP contribution in [0, 0.1) is 0 Å². The fraction of sp³-hybridized carbons (Fsp3) is 0.333. The van der Waals surface area contributed by atoms with E-state index in [0.29, 0.717) is 0 Å². The Morgan fingerprint density at radius 3 is 2.38 bits per heavy atom. The van der Waals surface area contributed by atoms with Crippen molar-refractivity contribution in [1.29, 1.82) is 0 Å². The first kappa shape index (κ1) is 12.8. The highest BCUT2D eigenvalue weighted by Gasteiger charge is 2.32. The number of benzene rings is 1. The monoisotopic (exact) mass is 230 g/mol. The fourth-order valence-corrected chi connectivity index (χ4v) is 1.43. The molecular formula is C12H13F3O. The van der Waals surface area contributed by atoms with Crippen LogP contribution in [-0.4, -0.2) is 5.11 Å². The van der Waals surface area contributed by atoms with Gasteiger partial charge in [0.05, 0.1) is 11.2 Å². The topological polar surface area (TPSA) is 20.2 Å². The van der Waals surface area contributed by atoms with Crippen molar-refractivity contribution in [3.8, 4) is 0 Å². The van der Waals surface area contributed by atoms with E-state index >= 15 is 0 Å². The Bertz CT molecular complexity index is 380. The minimum atomic E-state index is -4.39. The first-order valence-electron chi connectivity index (χ1n) is 4.78. The summed E-state index contributed by atoms with van der Waals surface area (Å²) in [6.07, 6.45) is -2.71. The molecule has 0 fully saturated rings. The summed E-state index contributed by atoms with van der Waals surface area (Å²) in [5.41, 5.74) is -1.83. The van der Waals surface area contributed by atoms with Crippen LogP contribution in [0.2, 0.25) is 0 Å². The Hall–Kier alpha value is -1.29. The molecule has 0 saturated carbocycles. The first-order chi connectivity index (χ1) is 7.27. The van der Waals surface area contributed by atoms with Crippen molar-refractivity contribution in [3.05, 3.63) is 48.0 Å². The highest BCUT2D eigenvalue weighted by molar-refractivity contribution is 5.29. The zero-order valence-corrected chi connectivity index (χ0v) is 8.88. The molecule has 16 heavy (non-hydrogen) atoms. The third-order valence-electron chi connectivity index (χ3n) is 2.35. The van der Waals surface area contributed by atoms with Crippen LogP contribution in [0.5, 0.6) is 0 Å². The lowest BCUT2D eigenvalue weighted by Crippen LogP contribution is -2.20. The Morgan fingerprint density at radius 2 is 1.88 bits per heavy atom. The van der Waals surface area contributed by atoms with Gasteiger partial charge in [-0.3, -0.25) is 0 Å². The Morgan fingerprint density at radius 1 is 1.31 bits per heavy atom. The summed E-state index contributed by atoms with van der Waals surface area (Å²) >= 11 is 0. The molecule has 1 rings (SSSR count). The second-order valence-electron chi connectivity index (χ2n) is 3.85. The van der Waals surface area contributed by atoms with Crippen LogP contribution in [0.3, 0.4) is 0 Å². The zero-order valence-electron chi connectivity index (χ0n) is 8.88. The third kappa shape index (κ3) is 2.85. The normalized spacial score (nSPS) is 15.6. The molecule has 0 aliphatic rings. The number of hydrogen-bond donors (Lipinski definition) is 1. The van der Waals surface area contributed by atoms with Crippen molar-refractivity contribution in [3.63, 3.8) is 0 Å². The van der Waals surface area contributed by atoms with Gasteiger partial charge in [-0.15, -0.1) is 6.58 Å². The standard InChI is InChI=1S/C12H13F3O/c1-3-7-11(2,16)9-5-4-6-10(8-9)12(13,14)15/h3-6,8,16H,1,7H2,2H3/t11-/m1/s1. The van der Waals surface area contributed by atoms with Crippen LogP contribution >= 0.6 is 0 Å². The lowest BCUT2D eigenvalue weighted by atomic mass is 9.91. The maximum Gasteiger partial charge on any atom is 0.416 e. The van der Waals surface area contributed by atoms with Gasteiger partial charge in [-0.2, -0.15) is 13.2 Å². The molecule has 88 valence electrons. The minimum Gasteiger partial charge on any atom is -0.385 e. The lowest BCUT2D eigenvalue weighted by molar-refractivity contribution is -0.137. The third-order valence-corrected chi connectivity index (χ3v) is 2.35. The summed E-state index contributed by atoms with van der Waals surface area (Å²) in [5.74, 6) is 0. The molecule has 0 bridgehead atoms. The molecule has 1 nitrogen and oxygen atoms in total. The number of rotatable bonds is 3. The van der Waals surface area contributed by atoms with E-state index in [1.165, 1.54) is 25.1 Å². The number of hydrogen-bond acceptors (Lipinski definition) is 1. The van der Waals surface area contributed by atoms with Gasteiger partial charge in [-0.1, -0.05) is 18.2 Å². The zero-order chi connectivity index (χ0) is 12.4. The van der Waals surface area contributed by atoms with Gasteiger partial charge in [0.15, 0.2) is 0 Å². The maximum atomic E-state index is 12.4. The predicted molar refractivity (Wildman–Crippen MR) is 55.8 cm³/mol. The molecule has 0 amide bonds. The smallest absolute Gasteiger partial charge is 0.385 e. The van der Waals surface area contributed by atoms with E-state index < -0.39 is 17.3 Å². The Labute approximate surface area is 92.2 Å². The molecule has 0 aromatic heterocycles. The van der Waals surface area contributed by atoms with Gasteiger partial charge < -0.3 is 5.11 Å². The first-order valence-corrected chi connectivity index (χ1v) is 4.78. The molecule has 0 saturated heterocycles. The molecular weight excluding hydrogens is 217 g/mol. The summed E-state index contributed by atoms with van der Waals surface area (Å²) < 4.78 is 37.3. The van der Waals surface area contributed by atoms with Crippen LogP contribution in [-0.2, 0) is 11.8 Å². The van der Waals surface area contributed by atoms with Crippen molar-refractivity contribution in [2.24, 2.45) is 0 Å². The van der Waals surface area contributed by atoms with E-state index in [2.05, 4.69) is 6.58 Å². The van der Waals surface area contributed by atoms with Crippen molar-refractivity contribution < 1.29 is 18.3 Å². The van der Waals surface area contributed by atoms with Crippen molar-refractivity contribution in [1.82, 2.24) is 0 Å². The molecule has 1 atom stereocenters. The predicted octanol–water partition coefficient (Wildman–Crippen LogP) is 3.49. The quantitative estimate of drug-likeness (QED) is 0.788. The highest BCUT2D eigenvalue weighted by Crippen LogP contribution is 2.33. The number of alkyl halides is 3. The molecule has 1 N–H and O–H groups in total. The van der Waals surface area contributed by atoms with Gasteiger partial charge in [0.25, 0.3) is 0 Å². The molecule has 0 aliphatic carbocycles. The van der Waals surface area contributed by atoms with Crippen molar-refractivity contribution in [2.45, 2.75) is 25.1 Å². The maximum absolute atomic E-state index is 12.4. The van der Waals surface area contributed by atoms with E-state index in [1.54, 1.807) is 0 Å². The molecule has 0 unspecified atom stereocenters. The molecule has 4 heteroatoms. The average molecular weight is 230 g/mol. The molecule has 0 heterocycles. The van der Waals surface area contributed by atoms with Gasteiger partial charge >= 0.3 is 6.18 Å². The van der Waals surface area contributed by atoms with Crippen molar-refractivity contribution >= 4 is 0 Å². The second kappa shape index (κ2) is 4.29. The molecule has 1 aromatic carbocycles.